The quantitative estimate of drug-likeness (QED) is 0.825. The van der Waals surface area contributed by atoms with Crippen LogP contribution in [-0.2, 0) is 17.9 Å². The number of hydrogen-bond donors (Lipinski definition) is 2. The number of pyridine rings is 1. The lowest BCUT2D eigenvalue weighted by Crippen LogP contribution is -2.34. The van der Waals surface area contributed by atoms with Crippen molar-refractivity contribution in [3.05, 3.63) is 41.2 Å². The Balaban J connectivity index is 1.73. The van der Waals surface area contributed by atoms with E-state index in [0.717, 1.165) is 11.3 Å². The molecule has 0 bridgehead atoms. The second kappa shape index (κ2) is 6.97. The Morgan fingerprint density at radius 1 is 1.45 bits per heavy atom. The normalized spacial score (nSPS) is 10.7. The van der Waals surface area contributed by atoms with Crippen molar-refractivity contribution in [2.24, 2.45) is 0 Å². The van der Waals surface area contributed by atoms with Crippen LogP contribution in [0, 0.1) is 0 Å². The smallest absolute Gasteiger partial charge is 0.234 e. The molecule has 2 aromatic heterocycles. The Bertz CT molecular complexity index is 557. The van der Waals surface area contributed by atoms with Crippen molar-refractivity contribution in [1.82, 2.24) is 20.2 Å². The first kappa shape index (κ1) is 14.4. The van der Waals surface area contributed by atoms with Gasteiger partial charge in [0, 0.05) is 24.3 Å². The Hall–Kier alpha value is -1.99. The molecule has 1 amide bonds. The maximum atomic E-state index is 11.8. The van der Waals surface area contributed by atoms with E-state index in [0.29, 0.717) is 24.8 Å². The van der Waals surface area contributed by atoms with Gasteiger partial charge in [0.05, 0.1) is 18.8 Å². The molecular formula is C13H17N5OS. The molecule has 20 heavy (non-hydrogen) atoms. The number of nitrogen functional groups attached to an aromatic ring is 1. The molecule has 0 atom stereocenters. The van der Waals surface area contributed by atoms with E-state index in [1.807, 2.05) is 29.5 Å². The largest absolute Gasteiger partial charge is 0.375 e. The molecule has 3 N–H and O–H groups in total. The summed E-state index contributed by atoms with van der Waals surface area (Å²) in [6, 6.07) is 3.87. The molecule has 0 aromatic carbocycles. The molecule has 0 saturated heterocycles. The van der Waals surface area contributed by atoms with Crippen molar-refractivity contribution in [3.8, 4) is 0 Å². The van der Waals surface area contributed by atoms with Gasteiger partial charge in [0.2, 0.25) is 5.91 Å². The van der Waals surface area contributed by atoms with E-state index in [1.165, 1.54) is 11.3 Å². The van der Waals surface area contributed by atoms with Crippen LogP contribution in [-0.4, -0.2) is 34.4 Å². The highest BCUT2D eigenvalue weighted by atomic mass is 32.1. The van der Waals surface area contributed by atoms with E-state index in [1.54, 1.807) is 12.4 Å². The first-order valence-electron chi connectivity index (χ1n) is 6.17. The predicted molar refractivity (Wildman–Crippen MR) is 78.9 cm³/mol. The fraction of sp³-hybridized carbons (Fsp3) is 0.308. The number of carbonyl (C=O) groups excluding carboxylic acids is 1. The van der Waals surface area contributed by atoms with Gasteiger partial charge in [-0.3, -0.25) is 14.7 Å². The summed E-state index contributed by atoms with van der Waals surface area (Å²) in [4.78, 5) is 21.8. The van der Waals surface area contributed by atoms with E-state index in [-0.39, 0.29) is 5.91 Å². The second-order valence-corrected chi connectivity index (χ2v) is 5.37. The minimum Gasteiger partial charge on any atom is -0.375 e. The van der Waals surface area contributed by atoms with Crippen molar-refractivity contribution in [2.45, 2.75) is 13.1 Å². The minimum absolute atomic E-state index is 0.0341. The highest BCUT2D eigenvalue weighted by molar-refractivity contribution is 7.13. The average Bonchev–Trinajstić information content (AvgIpc) is 2.83. The summed E-state index contributed by atoms with van der Waals surface area (Å²) in [5.74, 6) is -0.0341. The van der Waals surface area contributed by atoms with Gasteiger partial charge in [-0.05, 0) is 24.7 Å². The molecule has 2 rings (SSSR count). The number of carbonyl (C=O) groups is 1. The van der Waals surface area contributed by atoms with E-state index >= 15 is 0 Å². The van der Waals surface area contributed by atoms with Gasteiger partial charge < -0.3 is 11.1 Å². The Morgan fingerprint density at radius 3 is 2.85 bits per heavy atom. The van der Waals surface area contributed by atoms with Crippen LogP contribution in [0.1, 0.15) is 11.3 Å². The van der Waals surface area contributed by atoms with Crippen LogP contribution in [0.25, 0.3) is 0 Å². The maximum Gasteiger partial charge on any atom is 0.234 e. The van der Waals surface area contributed by atoms with Crippen LogP contribution in [0.15, 0.2) is 29.9 Å². The number of likely N-dealkylation sites (N-methyl/N-ethyl adjacent to an activating group) is 1. The Morgan fingerprint density at radius 2 is 2.20 bits per heavy atom. The third-order valence-electron chi connectivity index (χ3n) is 2.65. The summed E-state index contributed by atoms with van der Waals surface area (Å²) in [6.07, 6.45) is 3.49. The lowest BCUT2D eigenvalue weighted by Gasteiger charge is -2.15. The van der Waals surface area contributed by atoms with Gasteiger partial charge in [0.1, 0.15) is 0 Å². The number of hydrogen-bond acceptors (Lipinski definition) is 6. The van der Waals surface area contributed by atoms with E-state index in [4.69, 9.17) is 5.73 Å². The van der Waals surface area contributed by atoms with Crippen molar-refractivity contribution in [2.75, 3.05) is 19.3 Å². The van der Waals surface area contributed by atoms with Gasteiger partial charge in [-0.1, -0.05) is 0 Å². The number of nitrogens with zero attached hydrogens (tertiary/aromatic N) is 3. The van der Waals surface area contributed by atoms with Gasteiger partial charge in [0.25, 0.3) is 0 Å². The van der Waals surface area contributed by atoms with Crippen LogP contribution in [0.5, 0.6) is 0 Å². The molecule has 106 valence electrons. The summed E-state index contributed by atoms with van der Waals surface area (Å²) < 4.78 is 0. The zero-order valence-corrected chi connectivity index (χ0v) is 12.1. The zero-order valence-electron chi connectivity index (χ0n) is 11.2. The molecule has 0 saturated carbocycles. The van der Waals surface area contributed by atoms with Crippen molar-refractivity contribution >= 4 is 22.4 Å². The van der Waals surface area contributed by atoms with Gasteiger partial charge in [-0.2, -0.15) is 0 Å². The number of anilines is 1. The molecular weight excluding hydrogens is 274 g/mol. The molecule has 0 aliphatic rings. The second-order valence-electron chi connectivity index (χ2n) is 4.48. The zero-order chi connectivity index (χ0) is 14.4. The summed E-state index contributed by atoms with van der Waals surface area (Å²) in [6.45, 7) is 1.46. The predicted octanol–water partition coefficient (Wildman–Crippen LogP) is 0.868. The van der Waals surface area contributed by atoms with E-state index in [9.17, 15) is 4.79 Å². The molecule has 0 unspecified atom stereocenters. The first-order chi connectivity index (χ1) is 9.63. The number of rotatable bonds is 6. The summed E-state index contributed by atoms with van der Waals surface area (Å²) in [7, 11) is 1.90. The van der Waals surface area contributed by atoms with Crippen LogP contribution in [0.4, 0.5) is 5.13 Å². The number of nitrogens with two attached hydrogens (primary N) is 1. The highest BCUT2D eigenvalue weighted by Crippen LogP contribution is 2.10. The lowest BCUT2D eigenvalue weighted by molar-refractivity contribution is -0.122. The van der Waals surface area contributed by atoms with Crippen LogP contribution in [0.2, 0.25) is 0 Å². The molecule has 0 aliphatic carbocycles. The molecule has 2 heterocycles. The Labute approximate surface area is 121 Å². The molecule has 6 nitrogen and oxygen atoms in total. The van der Waals surface area contributed by atoms with Crippen molar-refractivity contribution < 1.29 is 4.79 Å². The van der Waals surface area contributed by atoms with Crippen molar-refractivity contribution in [3.63, 3.8) is 0 Å². The van der Waals surface area contributed by atoms with Crippen LogP contribution < -0.4 is 11.1 Å². The summed E-state index contributed by atoms with van der Waals surface area (Å²) in [5.41, 5.74) is 7.45. The molecule has 0 spiro atoms. The minimum atomic E-state index is -0.0341. The third-order valence-corrected chi connectivity index (χ3v) is 3.37. The fourth-order valence-corrected chi connectivity index (χ4v) is 2.31. The summed E-state index contributed by atoms with van der Waals surface area (Å²) >= 11 is 1.37. The molecule has 0 aliphatic heterocycles. The monoisotopic (exact) mass is 291 g/mol. The SMILES string of the molecule is CN(CC(=O)NCc1csc(N)n1)Cc1ccncc1. The Kier molecular flexibility index (Phi) is 5.03. The van der Waals surface area contributed by atoms with Gasteiger partial charge >= 0.3 is 0 Å². The standard InChI is InChI=1S/C13H17N5OS/c1-18(7-10-2-4-15-5-3-10)8-12(19)16-6-11-9-20-13(14)17-11/h2-5,9H,6-8H2,1H3,(H2,14,17)(H,16,19). The number of amides is 1. The fourth-order valence-electron chi connectivity index (χ4n) is 1.75. The highest BCUT2D eigenvalue weighted by Gasteiger charge is 2.07. The first-order valence-corrected chi connectivity index (χ1v) is 7.05. The van der Waals surface area contributed by atoms with Gasteiger partial charge in [-0.15, -0.1) is 11.3 Å². The number of nitrogens with one attached hydrogen (secondary N) is 1. The average molecular weight is 291 g/mol. The topological polar surface area (TPSA) is 84.1 Å². The third kappa shape index (κ3) is 4.60. The molecule has 2 aromatic rings. The van der Waals surface area contributed by atoms with Gasteiger partial charge in [0.15, 0.2) is 5.13 Å². The maximum absolute atomic E-state index is 11.8. The summed E-state index contributed by atoms with van der Waals surface area (Å²) in [5, 5.41) is 5.19. The van der Waals surface area contributed by atoms with Gasteiger partial charge in [-0.25, -0.2) is 4.98 Å². The number of thiazole rings is 1. The number of aromatic nitrogens is 2. The van der Waals surface area contributed by atoms with Crippen LogP contribution in [0.3, 0.4) is 0 Å². The van der Waals surface area contributed by atoms with E-state index < -0.39 is 0 Å². The van der Waals surface area contributed by atoms with Crippen molar-refractivity contribution in [1.29, 1.82) is 0 Å². The van der Waals surface area contributed by atoms with E-state index in [2.05, 4.69) is 15.3 Å². The van der Waals surface area contributed by atoms with Crippen LogP contribution >= 0.6 is 11.3 Å². The molecule has 0 radical (unpaired) electrons. The lowest BCUT2D eigenvalue weighted by atomic mass is 10.2. The molecule has 7 heteroatoms. The molecule has 0 fully saturated rings.